The van der Waals surface area contributed by atoms with Crippen LogP contribution in [0.15, 0.2) is 18.2 Å². The topological polar surface area (TPSA) is 32.3 Å². The van der Waals surface area contributed by atoms with Crippen molar-refractivity contribution in [1.29, 1.82) is 0 Å². The Morgan fingerprint density at radius 1 is 1.30 bits per heavy atom. The second-order valence-electron chi connectivity index (χ2n) is 6.23. The molecule has 3 heteroatoms. The van der Waals surface area contributed by atoms with Crippen LogP contribution < -0.4 is 5.32 Å². The monoisotopic (exact) mass is 272 g/mol. The van der Waals surface area contributed by atoms with Gasteiger partial charge in [0.1, 0.15) is 0 Å². The van der Waals surface area contributed by atoms with E-state index < -0.39 is 0 Å². The van der Waals surface area contributed by atoms with Crippen LogP contribution in [-0.2, 0) is 0 Å². The second kappa shape index (κ2) is 5.57. The van der Waals surface area contributed by atoms with Gasteiger partial charge in [0, 0.05) is 24.2 Å². The van der Waals surface area contributed by atoms with E-state index in [1.807, 2.05) is 12.1 Å². The van der Waals surface area contributed by atoms with Crippen LogP contribution in [0.3, 0.4) is 0 Å². The number of hydrogen-bond donors (Lipinski definition) is 1. The lowest BCUT2D eigenvalue weighted by atomic mass is 10.0. The highest BCUT2D eigenvalue weighted by Crippen LogP contribution is 2.30. The minimum Gasteiger partial charge on any atom is -0.334 e. The van der Waals surface area contributed by atoms with Gasteiger partial charge in [0.15, 0.2) is 0 Å². The Labute approximate surface area is 121 Å². The number of aryl methyl sites for hydroxylation is 1. The molecule has 2 fully saturated rings. The molecular formula is C17H24N2O. The van der Waals surface area contributed by atoms with E-state index in [0.717, 1.165) is 24.2 Å². The summed E-state index contributed by atoms with van der Waals surface area (Å²) in [6.45, 7) is 6.10. The molecule has 108 valence electrons. The largest absolute Gasteiger partial charge is 0.334 e. The molecular weight excluding hydrogens is 248 g/mol. The Balaban J connectivity index is 1.79. The molecule has 1 amide bonds. The summed E-state index contributed by atoms with van der Waals surface area (Å²) in [4.78, 5) is 15.0. The van der Waals surface area contributed by atoms with Crippen molar-refractivity contribution in [2.75, 3.05) is 13.1 Å². The van der Waals surface area contributed by atoms with Crippen LogP contribution in [0.25, 0.3) is 0 Å². The molecule has 1 saturated heterocycles. The van der Waals surface area contributed by atoms with Crippen molar-refractivity contribution < 1.29 is 4.79 Å². The minimum absolute atomic E-state index is 0.224. The van der Waals surface area contributed by atoms with E-state index in [1.54, 1.807) is 0 Å². The van der Waals surface area contributed by atoms with E-state index in [2.05, 4.69) is 30.1 Å². The standard InChI is InChI=1S/C17H24N2O/c1-12-5-3-7-16(13(12)2)17(20)19(15-8-9-15)11-14-6-4-10-18-14/h3,5,7,14-15,18H,4,6,8-11H2,1-2H3/t14-/m1/s1. The molecule has 1 aromatic carbocycles. The molecule has 1 heterocycles. The molecule has 0 radical (unpaired) electrons. The third-order valence-corrected chi connectivity index (χ3v) is 4.66. The number of hydrogen-bond acceptors (Lipinski definition) is 2. The lowest BCUT2D eigenvalue weighted by Crippen LogP contribution is -2.42. The molecule has 3 rings (SSSR count). The number of nitrogens with one attached hydrogen (secondary N) is 1. The van der Waals surface area contributed by atoms with Crippen molar-refractivity contribution in [2.24, 2.45) is 0 Å². The summed E-state index contributed by atoms with van der Waals surface area (Å²) in [5.74, 6) is 0.224. The van der Waals surface area contributed by atoms with Gasteiger partial charge in [-0.05, 0) is 63.3 Å². The van der Waals surface area contributed by atoms with E-state index in [0.29, 0.717) is 12.1 Å². The molecule has 1 aliphatic heterocycles. The Hall–Kier alpha value is -1.35. The normalized spacial score (nSPS) is 22.0. The third-order valence-electron chi connectivity index (χ3n) is 4.66. The third kappa shape index (κ3) is 2.73. The maximum atomic E-state index is 12.9. The number of nitrogens with zero attached hydrogens (tertiary/aromatic N) is 1. The summed E-state index contributed by atoms with van der Waals surface area (Å²) in [5.41, 5.74) is 3.21. The summed E-state index contributed by atoms with van der Waals surface area (Å²) >= 11 is 0. The van der Waals surface area contributed by atoms with Crippen molar-refractivity contribution in [1.82, 2.24) is 10.2 Å². The van der Waals surface area contributed by atoms with Gasteiger partial charge in [0.2, 0.25) is 0 Å². The van der Waals surface area contributed by atoms with Gasteiger partial charge in [0.05, 0.1) is 0 Å². The summed E-state index contributed by atoms with van der Waals surface area (Å²) in [5, 5.41) is 3.51. The predicted molar refractivity (Wildman–Crippen MR) is 81.0 cm³/mol. The fraction of sp³-hybridized carbons (Fsp3) is 0.588. The van der Waals surface area contributed by atoms with Crippen LogP contribution in [0, 0.1) is 13.8 Å². The highest BCUT2D eigenvalue weighted by atomic mass is 16.2. The Morgan fingerprint density at radius 3 is 2.75 bits per heavy atom. The molecule has 1 atom stereocenters. The van der Waals surface area contributed by atoms with E-state index in [1.165, 1.54) is 31.2 Å². The zero-order chi connectivity index (χ0) is 14.1. The molecule has 2 aliphatic rings. The van der Waals surface area contributed by atoms with Gasteiger partial charge in [-0.1, -0.05) is 12.1 Å². The molecule has 0 bridgehead atoms. The second-order valence-corrected chi connectivity index (χ2v) is 6.23. The van der Waals surface area contributed by atoms with Crippen molar-refractivity contribution in [3.8, 4) is 0 Å². The van der Waals surface area contributed by atoms with Gasteiger partial charge < -0.3 is 10.2 Å². The molecule has 1 saturated carbocycles. The van der Waals surface area contributed by atoms with Gasteiger partial charge in [-0.3, -0.25) is 4.79 Å². The fourth-order valence-corrected chi connectivity index (χ4v) is 3.07. The highest BCUT2D eigenvalue weighted by molar-refractivity contribution is 5.96. The molecule has 1 N–H and O–H groups in total. The smallest absolute Gasteiger partial charge is 0.254 e. The van der Waals surface area contributed by atoms with Crippen molar-refractivity contribution in [3.63, 3.8) is 0 Å². The number of benzene rings is 1. The van der Waals surface area contributed by atoms with Crippen LogP contribution in [0.4, 0.5) is 0 Å². The first kappa shape index (κ1) is 13.6. The molecule has 0 unspecified atom stereocenters. The number of amides is 1. The summed E-state index contributed by atoms with van der Waals surface area (Å²) in [6.07, 6.45) is 4.77. The van der Waals surface area contributed by atoms with E-state index in [9.17, 15) is 4.79 Å². The van der Waals surface area contributed by atoms with E-state index in [-0.39, 0.29) is 5.91 Å². The lowest BCUT2D eigenvalue weighted by Gasteiger charge is -2.26. The van der Waals surface area contributed by atoms with Gasteiger partial charge in [-0.25, -0.2) is 0 Å². The summed E-state index contributed by atoms with van der Waals surface area (Å²) in [6, 6.07) is 7.01. The zero-order valence-electron chi connectivity index (χ0n) is 12.5. The minimum atomic E-state index is 0.224. The Kier molecular flexibility index (Phi) is 3.79. The molecule has 1 aliphatic carbocycles. The SMILES string of the molecule is Cc1cccc(C(=O)N(C[C@H]2CCCN2)C2CC2)c1C. The van der Waals surface area contributed by atoms with Crippen LogP contribution >= 0.6 is 0 Å². The molecule has 0 aromatic heterocycles. The summed E-state index contributed by atoms with van der Waals surface area (Å²) in [7, 11) is 0. The maximum absolute atomic E-state index is 12.9. The number of carbonyl (C=O) groups is 1. The average molecular weight is 272 g/mol. The van der Waals surface area contributed by atoms with Crippen LogP contribution in [0.2, 0.25) is 0 Å². The summed E-state index contributed by atoms with van der Waals surface area (Å²) < 4.78 is 0. The van der Waals surface area contributed by atoms with Gasteiger partial charge in [0.25, 0.3) is 5.91 Å². The van der Waals surface area contributed by atoms with Crippen LogP contribution in [0.5, 0.6) is 0 Å². The number of carbonyl (C=O) groups excluding carboxylic acids is 1. The highest BCUT2D eigenvalue weighted by Gasteiger charge is 2.35. The zero-order valence-corrected chi connectivity index (χ0v) is 12.5. The Morgan fingerprint density at radius 2 is 2.10 bits per heavy atom. The van der Waals surface area contributed by atoms with Gasteiger partial charge in [-0.2, -0.15) is 0 Å². The van der Waals surface area contributed by atoms with Gasteiger partial charge in [-0.15, -0.1) is 0 Å². The first-order valence-electron chi connectivity index (χ1n) is 7.77. The average Bonchev–Trinajstić information content (AvgIpc) is 3.15. The predicted octanol–water partition coefficient (Wildman–Crippen LogP) is 2.66. The van der Waals surface area contributed by atoms with E-state index >= 15 is 0 Å². The van der Waals surface area contributed by atoms with Crippen molar-refractivity contribution in [2.45, 2.75) is 51.6 Å². The lowest BCUT2D eigenvalue weighted by molar-refractivity contribution is 0.0728. The first-order chi connectivity index (χ1) is 9.66. The fourth-order valence-electron chi connectivity index (χ4n) is 3.07. The first-order valence-corrected chi connectivity index (χ1v) is 7.77. The van der Waals surface area contributed by atoms with Crippen molar-refractivity contribution >= 4 is 5.91 Å². The van der Waals surface area contributed by atoms with Crippen molar-refractivity contribution in [3.05, 3.63) is 34.9 Å². The maximum Gasteiger partial charge on any atom is 0.254 e. The molecule has 0 spiro atoms. The quantitative estimate of drug-likeness (QED) is 0.914. The van der Waals surface area contributed by atoms with Gasteiger partial charge >= 0.3 is 0 Å². The Bertz CT molecular complexity index is 502. The number of rotatable bonds is 4. The van der Waals surface area contributed by atoms with Crippen LogP contribution in [-0.4, -0.2) is 36.0 Å². The molecule has 20 heavy (non-hydrogen) atoms. The van der Waals surface area contributed by atoms with E-state index in [4.69, 9.17) is 0 Å². The molecule has 3 nitrogen and oxygen atoms in total. The molecule has 1 aromatic rings. The van der Waals surface area contributed by atoms with Crippen LogP contribution in [0.1, 0.15) is 47.2 Å².